The molecule has 2 aromatic heterocycles. The minimum atomic E-state index is -3.74. The fourth-order valence-electron chi connectivity index (χ4n) is 2.65. The lowest BCUT2D eigenvalue weighted by atomic mass is 10.3. The maximum absolute atomic E-state index is 12.6. The van der Waals surface area contributed by atoms with Gasteiger partial charge >= 0.3 is 0 Å². The minimum Gasteiger partial charge on any atom is -0.492 e. The Kier molecular flexibility index (Phi) is 5.39. The van der Waals surface area contributed by atoms with Gasteiger partial charge in [-0.15, -0.1) is 0 Å². The van der Waals surface area contributed by atoms with E-state index < -0.39 is 15.9 Å². The van der Waals surface area contributed by atoms with Gasteiger partial charge < -0.3 is 14.5 Å². The third kappa shape index (κ3) is 3.85. The molecule has 28 heavy (non-hydrogen) atoms. The number of sulfonamides is 1. The summed E-state index contributed by atoms with van der Waals surface area (Å²) in [5, 5.41) is 2.70. The highest BCUT2D eigenvalue weighted by Gasteiger charge is 2.23. The molecule has 0 saturated carbocycles. The highest BCUT2D eigenvalue weighted by Crippen LogP contribution is 2.29. The summed E-state index contributed by atoms with van der Waals surface area (Å²) in [5.41, 5.74) is 2.27. The predicted octanol–water partition coefficient (Wildman–Crippen LogP) is 2.54. The lowest BCUT2D eigenvalue weighted by molar-refractivity contribution is 0.102. The third-order valence-electron chi connectivity index (χ3n) is 4.11. The SMILES string of the molecule is CCOc1ccc(NC(=O)c2cn3ccc(C)cc3n2)cc1S(=O)(=O)N(C)C. The van der Waals surface area contributed by atoms with Crippen LogP contribution in [0.15, 0.2) is 47.6 Å². The minimum absolute atomic E-state index is 0.0113. The normalized spacial score (nSPS) is 11.8. The molecule has 0 aliphatic rings. The molecule has 9 heteroatoms. The van der Waals surface area contributed by atoms with E-state index in [1.807, 2.05) is 25.3 Å². The lowest BCUT2D eigenvalue weighted by Gasteiger charge is -2.16. The predicted molar refractivity (Wildman–Crippen MR) is 106 cm³/mol. The number of ether oxygens (including phenoxy) is 1. The number of amides is 1. The number of hydrogen-bond acceptors (Lipinski definition) is 5. The summed E-state index contributed by atoms with van der Waals surface area (Å²) in [6, 6.07) is 8.30. The van der Waals surface area contributed by atoms with Gasteiger partial charge in [-0.2, -0.15) is 0 Å². The fourth-order valence-corrected chi connectivity index (χ4v) is 3.70. The first-order valence-corrected chi connectivity index (χ1v) is 10.1. The second kappa shape index (κ2) is 7.61. The standard InChI is InChI=1S/C19H22N4O4S/c1-5-27-16-7-6-14(11-17(16)28(25,26)22(3)4)20-19(24)15-12-23-9-8-13(2)10-18(23)21-15/h6-12H,5H2,1-4H3,(H,20,24). The Morgan fingerprint density at radius 3 is 2.68 bits per heavy atom. The van der Waals surface area contributed by atoms with Gasteiger partial charge in [0.15, 0.2) is 0 Å². The number of nitrogens with zero attached hydrogens (tertiary/aromatic N) is 3. The van der Waals surface area contributed by atoms with Crippen molar-refractivity contribution < 1.29 is 17.9 Å². The topological polar surface area (TPSA) is 93.0 Å². The van der Waals surface area contributed by atoms with E-state index in [1.165, 1.54) is 26.2 Å². The molecule has 0 unspecified atom stereocenters. The number of fused-ring (bicyclic) bond motifs is 1. The molecule has 3 aromatic rings. The van der Waals surface area contributed by atoms with Crippen molar-refractivity contribution >= 4 is 27.3 Å². The van der Waals surface area contributed by atoms with E-state index in [9.17, 15) is 13.2 Å². The summed E-state index contributed by atoms with van der Waals surface area (Å²) < 4.78 is 33.5. The van der Waals surface area contributed by atoms with Gasteiger partial charge in [-0.25, -0.2) is 17.7 Å². The largest absolute Gasteiger partial charge is 0.492 e. The second-order valence-electron chi connectivity index (χ2n) is 6.43. The number of aryl methyl sites for hydroxylation is 1. The number of benzene rings is 1. The van der Waals surface area contributed by atoms with Crippen molar-refractivity contribution in [3.05, 3.63) is 54.0 Å². The van der Waals surface area contributed by atoms with Crippen LogP contribution in [-0.4, -0.2) is 48.7 Å². The van der Waals surface area contributed by atoms with E-state index in [2.05, 4.69) is 10.3 Å². The Hall–Kier alpha value is -2.91. The number of imidazole rings is 1. The van der Waals surface area contributed by atoms with Crippen LogP contribution in [0.5, 0.6) is 5.75 Å². The summed E-state index contributed by atoms with van der Waals surface area (Å²) in [6.07, 6.45) is 3.45. The molecule has 0 spiro atoms. The molecule has 0 radical (unpaired) electrons. The van der Waals surface area contributed by atoms with Crippen LogP contribution in [-0.2, 0) is 10.0 Å². The highest BCUT2D eigenvalue weighted by atomic mass is 32.2. The molecule has 1 amide bonds. The average molecular weight is 402 g/mol. The van der Waals surface area contributed by atoms with Crippen molar-refractivity contribution in [2.75, 3.05) is 26.0 Å². The molecule has 0 fully saturated rings. The first kappa shape index (κ1) is 19.8. The van der Waals surface area contributed by atoms with Crippen LogP contribution in [0.2, 0.25) is 0 Å². The Balaban J connectivity index is 1.93. The summed E-state index contributed by atoms with van der Waals surface area (Å²) in [4.78, 5) is 16.9. The van der Waals surface area contributed by atoms with Crippen LogP contribution in [0.4, 0.5) is 5.69 Å². The van der Waals surface area contributed by atoms with E-state index in [-0.39, 0.29) is 16.3 Å². The number of aromatic nitrogens is 2. The number of carbonyl (C=O) groups is 1. The Bertz CT molecular complexity index is 1140. The first-order valence-electron chi connectivity index (χ1n) is 8.68. The van der Waals surface area contributed by atoms with Gasteiger partial charge in [0.2, 0.25) is 10.0 Å². The van der Waals surface area contributed by atoms with Crippen LogP contribution in [0.1, 0.15) is 23.0 Å². The zero-order valence-electron chi connectivity index (χ0n) is 16.1. The number of nitrogens with one attached hydrogen (secondary N) is 1. The lowest BCUT2D eigenvalue weighted by Crippen LogP contribution is -2.23. The van der Waals surface area contributed by atoms with Gasteiger partial charge in [-0.05, 0) is 49.7 Å². The van der Waals surface area contributed by atoms with Crippen molar-refractivity contribution in [1.29, 1.82) is 0 Å². The molecule has 0 saturated heterocycles. The first-order chi connectivity index (χ1) is 13.2. The number of carbonyl (C=O) groups excluding carboxylic acids is 1. The van der Waals surface area contributed by atoms with Crippen molar-refractivity contribution in [3.63, 3.8) is 0 Å². The monoisotopic (exact) mass is 402 g/mol. The van der Waals surface area contributed by atoms with Gasteiger partial charge in [0, 0.05) is 32.2 Å². The van der Waals surface area contributed by atoms with Gasteiger partial charge in [-0.3, -0.25) is 4.79 Å². The van der Waals surface area contributed by atoms with E-state index in [4.69, 9.17) is 4.74 Å². The van der Waals surface area contributed by atoms with E-state index in [0.717, 1.165) is 9.87 Å². The number of pyridine rings is 1. The van der Waals surface area contributed by atoms with Crippen molar-refractivity contribution in [1.82, 2.24) is 13.7 Å². The molecule has 2 heterocycles. The Morgan fingerprint density at radius 1 is 1.25 bits per heavy atom. The summed E-state index contributed by atoms with van der Waals surface area (Å²) in [5.74, 6) is -0.198. The van der Waals surface area contributed by atoms with Crippen LogP contribution >= 0.6 is 0 Å². The molecule has 0 bridgehead atoms. The van der Waals surface area contributed by atoms with Crippen LogP contribution < -0.4 is 10.1 Å². The van der Waals surface area contributed by atoms with Crippen molar-refractivity contribution in [2.24, 2.45) is 0 Å². The van der Waals surface area contributed by atoms with Gasteiger partial charge in [-0.1, -0.05) is 0 Å². The van der Waals surface area contributed by atoms with E-state index in [1.54, 1.807) is 23.6 Å². The van der Waals surface area contributed by atoms with Crippen LogP contribution in [0.25, 0.3) is 5.65 Å². The summed E-state index contributed by atoms with van der Waals surface area (Å²) in [6.45, 7) is 4.04. The summed E-state index contributed by atoms with van der Waals surface area (Å²) in [7, 11) is -0.862. The zero-order chi connectivity index (χ0) is 20.5. The van der Waals surface area contributed by atoms with Crippen LogP contribution in [0, 0.1) is 6.92 Å². The zero-order valence-corrected chi connectivity index (χ0v) is 16.9. The fraction of sp³-hybridized carbons (Fsp3) is 0.263. The molecule has 1 aromatic carbocycles. The molecule has 1 N–H and O–H groups in total. The third-order valence-corrected chi connectivity index (χ3v) is 5.94. The molecule has 8 nitrogen and oxygen atoms in total. The molecule has 3 rings (SSSR count). The number of anilines is 1. The quantitative estimate of drug-likeness (QED) is 0.684. The van der Waals surface area contributed by atoms with E-state index in [0.29, 0.717) is 17.9 Å². The Morgan fingerprint density at radius 2 is 2.00 bits per heavy atom. The van der Waals surface area contributed by atoms with Crippen molar-refractivity contribution in [2.45, 2.75) is 18.7 Å². The van der Waals surface area contributed by atoms with Gasteiger partial charge in [0.25, 0.3) is 5.91 Å². The molecule has 148 valence electrons. The Labute approximate surface area is 163 Å². The molecule has 0 aliphatic heterocycles. The maximum Gasteiger partial charge on any atom is 0.275 e. The molecular formula is C19H22N4O4S. The number of rotatable bonds is 6. The van der Waals surface area contributed by atoms with E-state index >= 15 is 0 Å². The van der Waals surface area contributed by atoms with Crippen LogP contribution in [0.3, 0.4) is 0 Å². The average Bonchev–Trinajstić information content (AvgIpc) is 3.06. The second-order valence-corrected chi connectivity index (χ2v) is 8.55. The molecule has 0 aliphatic carbocycles. The highest BCUT2D eigenvalue weighted by molar-refractivity contribution is 7.89. The van der Waals surface area contributed by atoms with Gasteiger partial charge in [0.1, 0.15) is 22.0 Å². The van der Waals surface area contributed by atoms with Gasteiger partial charge in [0.05, 0.1) is 6.61 Å². The maximum atomic E-state index is 12.6. The molecular weight excluding hydrogens is 380 g/mol. The smallest absolute Gasteiger partial charge is 0.275 e. The number of hydrogen-bond donors (Lipinski definition) is 1. The summed E-state index contributed by atoms with van der Waals surface area (Å²) >= 11 is 0. The van der Waals surface area contributed by atoms with Crippen molar-refractivity contribution in [3.8, 4) is 5.75 Å². The molecule has 0 atom stereocenters.